The van der Waals surface area contributed by atoms with Crippen LogP contribution < -0.4 is 5.19 Å². The van der Waals surface area contributed by atoms with Crippen molar-refractivity contribution in [3.63, 3.8) is 0 Å². The van der Waals surface area contributed by atoms with Crippen molar-refractivity contribution in [2.75, 3.05) is 14.2 Å². The Morgan fingerprint density at radius 3 is 0.727 bits per heavy atom. The van der Waals surface area contributed by atoms with E-state index in [1.165, 1.54) is 122 Å². The average Bonchev–Trinajstić information content (AvgIpc) is 3.38. The number of hydrogen-bond donors (Lipinski definition) is 0. The van der Waals surface area contributed by atoms with Gasteiger partial charge in [-0.25, -0.2) is 0 Å². The number of benzene rings is 7. The zero-order valence-corrected chi connectivity index (χ0v) is 52.4. The van der Waals surface area contributed by atoms with Crippen molar-refractivity contribution in [1.82, 2.24) is 0 Å². The highest BCUT2D eigenvalue weighted by Crippen LogP contribution is 2.48. The smallest absolute Gasteiger partial charge is 0.393 e. The van der Waals surface area contributed by atoms with Crippen molar-refractivity contribution in [2.45, 2.75) is 197 Å². The average molecular weight is 1040 g/mol. The number of rotatable bonds is 19. The lowest BCUT2D eigenvalue weighted by molar-refractivity contribution is 0.291. The molecule has 0 saturated carbocycles. The van der Waals surface area contributed by atoms with Gasteiger partial charge in [-0.15, -0.1) is 0 Å². The summed E-state index contributed by atoms with van der Waals surface area (Å²) in [5.41, 5.74) is 28.5. The third kappa shape index (κ3) is 12.3. The number of hydrogen-bond acceptors (Lipinski definition) is 2. The molecule has 0 atom stereocenters. The van der Waals surface area contributed by atoms with E-state index in [0.717, 1.165) is 0 Å². The Kier molecular flexibility index (Phi) is 19.1. The van der Waals surface area contributed by atoms with Crippen molar-refractivity contribution in [3.8, 4) is 44.5 Å². The second-order valence-electron chi connectivity index (χ2n) is 25.6. The van der Waals surface area contributed by atoms with Gasteiger partial charge in [0.2, 0.25) is 0 Å². The van der Waals surface area contributed by atoms with Gasteiger partial charge in [0, 0.05) is 19.4 Å². The minimum Gasteiger partial charge on any atom is -0.393 e. The molecule has 407 valence electrons. The van der Waals surface area contributed by atoms with Gasteiger partial charge < -0.3 is 8.85 Å². The zero-order valence-electron chi connectivity index (χ0n) is 51.4. The molecular weight excluding hydrogens is 949 g/mol. The first-order chi connectivity index (χ1) is 36.4. The summed E-state index contributed by atoms with van der Waals surface area (Å²) in [5.74, 6) is 2.67. The van der Waals surface area contributed by atoms with Crippen molar-refractivity contribution in [1.29, 1.82) is 0 Å². The molecule has 0 unspecified atom stereocenters. The van der Waals surface area contributed by atoms with E-state index in [4.69, 9.17) is 8.85 Å². The Morgan fingerprint density at radius 1 is 0.338 bits per heavy atom. The van der Waals surface area contributed by atoms with Gasteiger partial charge in [0.1, 0.15) is 0 Å². The molecule has 7 rings (SSSR count). The molecule has 0 saturated heterocycles. The topological polar surface area (TPSA) is 18.5 Å². The highest BCUT2D eigenvalue weighted by atomic mass is 28.3. The molecule has 0 aromatic heterocycles. The molecule has 1 radical (unpaired) electrons. The molecule has 0 aliphatic rings. The third-order valence-electron chi connectivity index (χ3n) is 16.4. The highest BCUT2D eigenvalue weighted by Gasteiger charge is 2.32. The van der Waals surface area contributed by atoms with E-state index in [1.54, 1.807) is 0 Å². The Morgan fingerprint density at radius 2 is 0.545 bits per heavy atom. The van der Waals surface area contributed by atoms with E-state index in [0.29, 0.717) is 60.2 Å². The summed E-state index contributed by atoms with van der Waals surface area (Å²) in [4.78, 5) is 0. The fourth-order valence-electron chi connectivity index (χ4n) is 12.3. The summed E-state index contributed by atoms with van der Waals surface area (Å²) in [5, 5.41) is 1.22. The minimum absolute atomic E-state index is 0.159. The Balaban J connectivity index is 1.69. The molecule has 7 aromatic carbocycles. The van der Waals surface area contributed by atoms with Crippen LogP contribution in [0, 0.1) is 0 Å². The van der Waals surface area contributed by atoms with Crippen LogP contribution in [-0.4, -0.2) is 23.5 Å². The van der Waals surface area contributed by atoms with Crippen molar-refractivity contribution >= 4 is 14.5 Å². The van der Waals surface area contributed by atoms with Gasteiger partial charge in [-0.3, -0.25) is 0 Å². The summed E-state index contributed by atoms with van der Waals surface area (Å²) in [6.45, 7) is 44.9. The third-order valence-corrected chi connectivity index (χ3v) is 18.2. The Bertz CT molecular complexity index is 2700. The SMILES string of the molecule is CO[Si](OC)c1c(Cc2c(-c3c(C(C)C)cccc3C(C)C)cccc2-c2c(C(C)C)cccc2C(C)C)cc(C(C)(C)C)cc1Cc1c(-c2c(C(C)C)cccc2C(C)C)cccc1-c1c(C(C)C)cccc1C(C)C. The summed E-state index contributed by atoms with van der Waals surface area (Å²) in [7, 11) is 1.70. The van der Waals surface area contributed by atoms with E-state index in [1.807, 2.05) is 14.2 Å². The van der Waals surface area contributed by atoms with Crippen molar-refractivity contribution in [2.24, 2.45) is 0 Å². The largest absolute Gasteiger partial charge is 0.423 e. The minimum atomic E-state index is -2.04. The Hall–Kier alpha value is -5.32. The second-order valence-corrected chi connectivity index (χ2v) is 27.5. The van der Waals surface area contributed by atoms with Crippen LogP contribution in [-0.2, 0) is 27.1 Å². The van der Waals surface area contributed by atoms with Crippen LogP contribution in [0.25, 0.3) is 44.5 Å². The van der Waals surface area contributed by atoms with Crippen molar-refractivity contribution in [3.05, 3.63) is 194 Å². The van der Waals surface area contributed by atoms with Crippen LogP contribution in [0.5, 0.6) is 0 Å². The molecule has 0 aliphatic carbocycles. The van der Waals surface area contributed by atoms with Gasteiger partial charge >= 0.3 is 9.28 Å². The first-order valence-corrected chi connectivity index (χ1v) is 30.6. The summed E-state index contributed by atoms with van der Waals surface area (Å²) in [6, 6.07) is 47.7. The first-order valence-electron chi connectivity index (χ1n) is 29.3. The molecule has 0 amide bonds. The van der Waals surface area contributed by atoms with Gasteiger partial charge in [0.05, 0.1) is 0 Å². The normalized spacial score (nSPS) is 12.4. The lowest BCUT2D eigenvalue weighted by Crippen LogP contribution is -2.41. The van der Waals surface area contributed by atoms with Gasteiger partial charge in [-0.05, 0) is 182 Å². The lowest BCUT2D eigenvalue weighted by atomic mass is 9.76. The van der Waals surface area contributed by atoms with E-state index >= 15 is 0 Å². The molecular formula is C74H95O2Si. The predicted molar refractivity (Wildman–Crippen MR) is 338 cm³/mol. The predicted octanol–water partition coefficient (Wildman–Crippen LogP) is 20.8. The van der Waals surface area contributed by atoms with E-state index in [-0.39, 0.29) is 5.41 Å². The molecule has 0 aliphatic heterocycles. The molecule has 0 bridgehead atoms. The molecule has 0 spiro atoms. The summed E-state index contributed by atoms with van der Waals surface area (Å²) < 4.78 is 13.4. The van der Waals surface area contributed by atoms with Gasteiger partial charge in [-0.2, -0.15) is 0 Å². The highest BCUT2D eigenvalue weighted by molar-refractivity contribution is 6.62. The molecule has 0 N–H and O–H groups in total. The fourth-order valence-corrected chi connectivity index (χ4v) is 13.8. The standard InChI is InChI=1S/C74H95O2Si/c1-44(2)55-28-22-29-56(45(3)4)69(55)63-36-26-37-64(70-57(46(5)6)30-23-31-58(70)47(7)8)67(63)42-52-40-54(74(17,18)19)41-53(73(52)77(75-20)76-21)43-68-65(71-59(48(9)10)32-24-33-60(71)49(11)12)38-27-39-66(68)72-61(50(13)14)34-25-35-62(72)51(15)16/h22-41,44-51H,42-43H2,1-21H3. The zero-order chi connectivity index (χ0) is 56.4. The Labute approximate surface area is 470 Å². The van der Waals surface area contributed by atoms with Crippen LogP contribution in [0.3, 0.4) is 0 Å². The molecule has 0 fully saturated rings. The first kappa shape index (κ1) is 59.3. The summed E-state index contributed by atoms with van der Waals surface area (Å²) >= 11 is 0. The second kappa shape index (κ2) is 24.8. The van der Waals surface area contributed by atoms with Crippen LogP contribution in [0.4, 0.5) is 0 Å². The molecule has 77 heavy (non-hydrogen) atoms. The van der Waals surface area contributed by atoms with Gasteiger partial charge in [-0.1, -0.05) is 253 Å². The van der Waals surface area contributed by atoms with Gasteiger partial charge in [0.15, 0.2) is 0 Å². The monoisotopic (exact) mass is 1040 g/mol. The van der Waals surface area contributed by atoms with Crippen LogP contribution >= 0.6 is 0 Å². The van der Waals surface area contributed by atoms with E-state index in [2.05, 4.69) is 253 Å². The van der Waals surface area contributed by atoms with Crippen LogP contribution in [0.2, 0.25) is 0 Å². The maximum Gasteiger partial charge on any atom is 0.423 e. The molecule has 3 heteroatoms. The van der Waals surface area contributed by atoms with E-state index < -0.39 is 9.28 Å². The van der Waals surface area contributed by atoms with Crippen LogP contribution in [0.15, 0.2) is 121 Å². The van der Waals surface area contributed by atoms with Gasteiger partial charge in [0.25, 0.3) is 0 Å². The van der Waals surface area contributed by atoms with Crippen LogP contribution in [0.1, 0.15) is 251 Å². The fraction of sp³-hybridized carbons (Fsp3) is 0.432. The lowest BCUT2D eigenvalue weighted by Gasteiger charge is -2.30. The molecule has 7 aromatic rings. The quantitative estimate of drug-likeness (QED) is 0.0752. The summed E-state index contributed by atoms with van der Waals surface area (Å²) in [6.07, 6.45) is 1.42. The molecule has 0 heterocycles. The van der Waals surface area contributed by atoms with Crippen molar-refractivity contribution < 1.29 is 8.85 Å². The van der Waals surface area contributed by atoms with E-state index in [9.17, 15) is 0 Å². The molecule has 2 nitrogen and oxygen atoms in total. The maximum atomic E-state index is 6.71. The maximum absolute atomic E-state index is 6.71.